The average Bonchev–Trinajstić information content (AvgIpc) is 2.46. The van der Waals surface area contributed by atoms with E-state index in [0.29, 0.717) is 0 Å². The van der Waals surface area contributed by atoms with Crippen LogP contribution >= 0.6 is 0 Å². The fraction of sp³-hybridized carbons (Fsp3) is 0.500. The van der Waals surface area contributed by atoms with Crippen molar-refractivity contribution in [1.29, 1.82) is 0 Å². The standard InChI is InChI=1S/C4H22N14O12/c1-4-14(20-3)25-13(2,6)23-12-21-11(5)22-16(8)29-17(9,24-12)27-15(7,19)28-18(10,26-14)30-16/h4,19H,1,5-10H2,2-3H3/q+6. The van der Waals surface area contributed by atoms with Gasteiger partial charge < -0.3 is 0 Å². The Morgan fingerprint density at radius 1 is 0.867 bits per heavy atom. The molecular weight excluding hydrogens is 436 g/mol. The van der Waals surface area contributed by atoms with E-state index in [1.54, 1.807) is 0 Å². The molecule has 13 N–H and O–H groups in total. The topological polar surface area (TPSA) is 284 Å². The first-order chi connectivity index (χ1) is 13.5. The van der Waals surface area contributed by atoms with Crippen LogP contribution in [0.25, 0.3) is 0 Å². The number of fused-ring (bicyclic) bond motifs is 4. The zero-order valence-electron chi connectivity index (χ0n) is 15.3. The minimum atomic E-state index is -2.58. The van der Waals surface area contributed by atoms with Crippen LogP contribution in [-0.2, 0) is 54.2 Å². The first kappa shape index (κ1) is 23.4. The molecule has 5 heterocycles. The smallest absolute Gasteiger partial charge is 0.213 e. The lowest BCUT2D eigenvalue weighted by Gasteiger charge is -2.35. The molecule has 174 valence electrons. The van der Waals surface area contributed by atoms with Gasteiger partial charge in [0, 0.05) is 9.88 Å². The zero-order chi connectivity index (χ0) is 22.6. The molecule has 5 aliphatic heterocycles. The minimum absolute atomic E-state index is 0.0769. The van der Waals surface area contributed by atoms with E-state index < -0.39 is 30.2 Å². The summed E-state index contributed by atoms with van der Waals surface area (Å²) < 4.78 is 0. The number of nitrogens with zero attached hydrogens (tertiary/aromatic N) is 8. The Balaban J connectivity index is 2.19. The molecule has 26 nitrogen and oxygen atoms in total. The summed E-state index contributed by atoms with van der Waals surface area (Å²) in [6.07, 6.45) is 0.767. The van der Waals surface area contributed by atoms with E-state index in [1.165, 1.54) is 0 Å². The number of hydrazine groups is 1. The second kappa shape index (κ2) is 7.11. The van der Waals surface area contributed by atoms with Gasteiger partial charge in [0.05, 0.1) is 10.3 Å². The molecule has 0 radical (unpaired) electrons. The van der Waals surface area contributed by atoms with Crippen LogP contribution in [0.15, 0.2) is 12.8 Å². The summed E-state index contributed by atoms with van der Waals surface area (Å²) in [5.74, 6) is 33.5. The molecule has 0 aliphatic carbocycles. The van der Waals surface area contributed by atoms with Crippen molar-refractivity contribution in [3.63, 3.8) is 0 Å². The highest BCUT2D eigenvalue weighted by Crippen LogP contribution is 2.32. The molecular formula is C4H22N14O12+6. The van der Waals surface area contributed by atoms with Gasteiger partial charge in [-0.05, 0) is 6.58 Å². The van der Waals surface area contributed by atoms with Crippen LogP contribution in [-0.4, -0.2) is 60.3 Å². The van der Waals surface area contributed by atoms with Gasteiger partial charge in [0.15, 0.2) is 21.9 Å². The molecule has 0 aromatic heterocycles. The van der Waals surface area contributed by atoms with E-state index in [0.717, 1.165) is 20.4 Å². The summed E-state index contributed by atoms with van der Waals surface area (Å²) in [5, 5.41) is 0.366. The molecule has 0 amide bonds. The minimum Gasteiger partial charge on any atom is -0.213 e. The normalized spacial score (nSPS) is 53.4. The lowest BCUT2D eigenvalue weighted by molar-refractivity contribution is -1.80. The number of rotatable bonds is 2. The van der Waals surface area contributed by atoms with Gasteiger partial charge in [-0.15, -0.1) is 15.9 Å². The predicted octanol–water partition coefficient (Wildman–Crippen LogP) is -6.04. The van der Waals surface area contributed by atoms with Crippen molar-refractivity contribution < 1.29 is 89.6 Å². The molecule has 0 saturated carbocycles. The third-order valence-corrected chi connectivity index (χ3v) is 2.65. The Morgan fingerprint density at radius 3 is 2.03 bits per heavy atom. The number of quaternary nitrogens is 6. The van der Waals surface area contributed by atoms with E-state index in [2.05, 4.69) is 11.5 Å². The van der Waals surface area contributed by atoms with Gasteiger partial charge in [-0.1, -0.05) is 28.3 Å². The van der Waals surface area contributed by atoms with Crippen LogP contribution in [0.4, 0.5) is 0 Å². The SMILES string of the molecule is C=C[N+]1(OC)O[N+](C)(N)ON2ON(N)O[N+]3(N)O[N+](N)(O2)O[N+](N)(O)O[N+](N)(O3)O1. The Morgan fingerprint density at radius 2 is 1.43 bits per heavy atom. The predicted molar refractivity (Wildman–Crippen MR) is 66.1 cm³/mol. The van der Waals surface area contributed by atoms with Crippen LogP contribution in [0.5, 0.6) is 0 Å². The maximum absolute atomic E-state index is 10.1. The van der Waals surface area contributed by atoms with Gasteiger partial charge in [0.2, 0.25) is 26.4 Å². The Hall–Kier alpha value is -1.30. The van der Waals surface area contributed by atoms with Crippen molar-refractivity contribution in [3.05, 3.63) is 12.8 Å². The van der Waals surface area contributed by atoms with Gasteiger partial charge in [-0.2, -0.15) is 0 Å². The van der Waals surface area contributed by atoms with Gasteiger partial charge in [0.1, 0.15) is 17.0 Å². The molecule has 0 spiro atoms. The average molecular weight is 458 g/mol. The fourth-order valence-corrected chi connectivity index (χ4v) is 1.88. The highest BCUT2D eigenvalue weighted by molar-refractivity contribution is 4.40. The second-order valence-corrected chi connectivity index (χ2v) is 5.32. The summed E-state index contributed by atoms with van der Waals surface area (Å²) in [4.78, 5) is 50.5. The lowest BCUT2D eigenvalue weighted by Crippen LogP contribution is -2.83. The third-order valence-electron chi connectivity index (χ3n) is 2.65. The number of hydrogen-bond acceptors (Lipinski definition) is 20. The Labute approximate surface area is 163 Å². The summed E-state index contributed by atoms with van der Waals surface area (Å²) in [6.45, 7) is 3.39. The maximum atomic E-state index is 10.1. The first-order valence-corrected chi connectivity index (χ1v) is 7.11. The highest BCUT2D eigenvalue weighted by atomic mass is 17.6. The van der Waals surface area contributed by atoms with E-state index in [1.807, 2.05) is 0 Å². The van der Waals surface area contributed by atoms with Crippen LogP contribution in [0, 0.1) is 0 Å². The van der Waals surface area contributed by atoms with Gasteiger partial charge in [-0.25, -0.2) is 5.84 Å². The largest absolute Gasteiger partial charge is 0.357 e. The number of hydroxylamine groups is 5. The first-order valence-electron chi connectivity index (χ1n) is 7.11. The molecule has 30 heavy (non-hydrogen) atoms. The third kappa shape index (κ3) is 4.95. The van der Waals surface area contributed by atoms with Crippen molar-refractivity contribution in [2.75, 3.05) is 14.2 Å². The summed E-state index contributed by atoms with van der Waals surface area (Å²) in [6, 6.07) is 0. The lowest BCUT2D eigenvalue weighted by atomic mass is 11.0. The van der Waals surface area contributed by atoms with Crippen LogP contribution in [0.2, 0.25) is 0 Å². The molecule has 5 saturated heterocycles. The zero-order valence-corrected chi connectivity index (χ0v) is 15.3. The molecule has 7 unspecified atom stereocenters. The van der Waals surface area contributed by atoms with Gasteiger partial charge in [0.25, 0.3) is 5.08 Å². The van der Waals surface area contributed by atoms with Crippen LogP contribution in [0.3, 0.4) is 0 Å². The molecule has 4 bridgehead atoms. The Kier molecular flexibility index (Phi) is 5.54. The molecule has 5 fully saturated rings. The van der Waals surface area contributed by atoms with E-state index in [-0.39, 0.29) is 10.7 Å². The van der Waals surface area contributed by atoms with E-state index in [4.69, 9.17) is 84.3 Å². The summed E-state index contributed by atoms with van der Waals surface area (Å²) in [7, 11) is 2.00. The maximum Gasteiger partial charge on any atom is 0.357 e. The monoisotopic (exact) mass is 458 g/mol. The molecule has 26 heteroatoms. The number of hydrogen-bond donors (Lipinski definition) is 7. The van der Waals surface area contributed by atoms with E-state index in [9.17, 15) is 5.21 Å². The molecule has 7 atom stereocenters. The molecule has 5 aliphatic rings. The molecule has 5 rings (SSSR count). The van der Waals surface area contributed by atoms with E-state index >= 15 is 0 Å². The Bertz CT molecular complexity index is 683. The van der Waals surface area contributed by atoms with Gasteiger partial charge >= 0.3 is 15.2 Å². The molecule has 0 aromatic carbocycles. The van der Waals surface area contributed by atoms with Crippen molar-refractivity contribution >= 4 is 0 Å². The second-order valence-electron chi connectivity index (χ2n) is 5.32. The highest BCUT2D eigenvalue weighted by Gasteiger charge is 2.77. The van der Waals surface area contributed by atoms with Crippen molar-refractivity contribution in [3.8, 4) is 0 Å². The quantitative estimate of drug-likeness (QED) is 0.150. The summed E-state index contributed by atoms with van der Waals surface area (Å²) in [5.41, 5.74) is 0. The van der Waals surface area contributed by atoms with Crippen LogP contribution < -0.4 is 35.1 Å². The number of nitrogens with two attached hydrogens (primary N) is 6. The van der Waals surface area contributed by atoms with Crippen LogP contribution in [0.1, 0.15) is 0 Å². The summed E-state index contributed by atoms with van der Waals surface area (Å²) >= 11 is 0. The van der Waals surface area contributed by atoms with Crippen molar-refractivity contribution in [2.45, 2.75) is 0 Å². The van der Waals surface area contributed by atoms with Gasteiger partial charge in [-0.3, -0.25) is 0 Å². The van der Waals surface area contributed by atoms with Crippen molar-refractivity contribution in [2.24, 2.45) is 35.1 Å². The fourth-order valence-electron chi connectivity index (χ4n) is 1.88. The van der Waals surface area contributed by atoms with Crippen molar-refractivity contribution in [1.82, 2.24) is 10.7 Å². The molecule has 0 aromatic rings.